The molecule has 0 aromatic heterocycles. The van der Waals surface area contributed by atoms with Gasteiger partial charge in [-0.3, -0.25) is 13.8 Å². The van der Waals surface area contributed by atoms with Gasteiger partial charge in [0.15, 0.2) is 0 Å². The van der Waals surface area contributed by atoms with Crippen LogP contribution in [0.15, 0.2) is 36.5 Å². The SMILES string of the molecule is CCCCCCCCCCC/C=C\C/C=C\CCCCCCCCCCCC(=O)NC(COP(=O)(O)OCC[N+](C)(C)C)C(O)/C=C/CCCCCCCCCCCCCCC. The third-order valence-corrected chi connectivity index (χ3v) is 12.8. The number of hydrogen-bond acceptors (Lipinski definition) is 5. The van der Waals surface area contributed by atoms with Crippen LogP contribution >= 0.6 is 7.82 Å². The first-order valence-corrected chi connectivity index (χ1v) is 27.9. The van der Waals surface area contributed by atoms with Crippen molar-refractivity contribution in [3.05, 3.63) is 36.5 Å². The Morgan fingerprint density at radius 1 is 0.548 bits per heavy atom. The second kappa shape index (κ2) is 44.9. The van der Waals surface area contributed by atoms with Gasteiger partial charge in [-0.25, -0.2) is 4.57 Å². The number of phosphoric ester groups is 1. The molecule has 0 bridgehead atoms. The molecule has 0 radical (unpaired) electrons. The van der Waals surface area contributed by atoms with Gasteiger partial charge in [-0.2, -0.15) is 0 Å². The first kappa shape index (κ1) is 60.7. The van der Waals surface area contributed by atoms with Gasteiger partial charge in [-0.1, -0.05) is 224 Å². The summed E-state index contributed by atoms with van der Waals surface area (Å²) in [5, 5.41) is 13.9. The molecular weight excluding hydrogens is 792 g/mol. The molecule has 0 heterocycles. The number of carbonyl (C=O) groups excluding carboxylic acids is 1. The van der Waals surface area contributed by atoms with Crippen molar-refractivity contribution in [3.8, 4) is 0 Å². The lowest BCUT2D eigenvalue weighted by Crippen LogP contribution is -2.45. The molecule has 0 saturated heterocycles. The number of hydrogen-bond donors (Lipinski definition) is 3. The minimum Gasteiger partial charge on any atom is -0.387 e. The first-order valence-electron chi connectivity index (χ1n) is 26.4. The standard InChI is InChI=1S/C53H103N2O6P/c1-6-8-10-12-14-16-18-20-22-23-24-25-26-27-28-29-30-31-33-35-37-39-41-43-45-47-53(57)54-51(50-61-62(58,59)60-49-48-55(3,4)5)52(56)46-44-42-40-38-36-34-32-21-19-17-15-13-11-9-7-2/h24-25,27-28,44,46,51-52,56H,6-23,26,29-43,45,47-50H2,1-5H3,(H-,54,57,58,59)/p+1/b25-24-,28-27-,46-44+. The maximum absolute atomic E-state index is 12.9. The molecule has 3 atom stereocenters. The van der Waals surface area contributed by atoms with E-state index in [2.05, 4.69) is 43.5 Å². The van der Waals surface area contributed by atoms with Crippen molar-refractivity contribution in [2.45, 2.75) is 257 Å². The molecule has 0 spiro atoms. The molecule has 0 aromatic rings. The summed E-state index contributed by atoms with van der Waals surface area (Å²) in [5.41, 5.74) is 0. The molecule has 9 heteroatoms. The Labute approximate surface area is 385 Å². The highest BCUT2D eigenvalue weighted by Gasteiger charge is 2.27. The number of quaternary nitrogens is 1. The molecule has 0 fully saturated rings. The number of amides is 1. The number of aliphatic hydroxyl groups is 1. The van der Waals surface area contributed by atoms with E-state index < -0.39 is 20.0 Å². The molecule has 8 nitrogen and oxygen atoms in total. The Morgan fingerprint density at radius 3 is 1.32 bits per heavy atom. The molecule has 62 heavy (non-hydrogen) atoms. The van der Waals surface area contributed by atoms with Gasteiger partial charge < -0.3 is 19.8 Å². The van der Waals surface area contributed by atoms with Crippen LogP contribution < -0.4 is 5.32 Å². The smallest absolute Gasteiger partial charge is 0.387 e. The van der Waals surface area contributed by atoms with Crippen molar-refractivity contribution in [2.75, 3.05) is 40.9 Å². The van der Waals surface area contributed by atoms with E-state index in [9.17, 15) is 19.4 Å². The average molecular weight is 896 g/mol. The topological polar surface area (TPSA) is 105 Å². The fourth-order valence-corrected chi connectivity index (χ4v) is 8.40. The number of phosphoric acid groups is 1. The minimum atomic E-state index is -4.34. The Hall–Kier alpha value is -1.28. The summed E-state index contributed by atoms with van der Waals surface area (Å²) in [6, 6.07) is -0.848. The van der Waals surface area contributed by atoms with Crippen molar-refractivity contribution in [1.29, 1.82) is 0 Å². The van der Waals surface area contributed by atoms with Gasteiger partial charge in [0.25, 0.3) is 0 Å². The van der Waals surface area contributed by atoms with Crippen molar-refractivity contribution in [2.24, 2.45) is 0 Å². The van der Waals surface area contributed by atoms with Gasteiger partial charge in [-0.05, 0) is 51.4 Å². The van der Waals surface area contributed by atoms with Crippen molar-refractivity contribution in [3.63, 3.8) is 0 Å². The van der Waals surface area contributed by atoms with E-state index >= 15 is 0 Å². The summed E-state index contributed by atoms with van der Waals surface area (Å²) < 4.78 is 23.6. The summed E-state index contributed by atoms with van der Waals surface area (Å²) in [6.45, 7) is 4.83. The van der Waals surface area contributed by atoms with Crippen LogP contribution in [0.25, 0.3) is 0 Å². The van der Waals surface area contributed by atoms with E-state index in [1.165, 1.54) is 180 Å². The van der Waals surface area contributed by atoms with Gasteiger partial charge in [0.2, 0.25) is 5.91 Å². The van der Waals surface area contributed by atoms with Crippen LogP contribution in [0, 0.1) is 0 Å². The second-order valence-electron chi connectivity index (χ2n) is 19.3. The lowest BCUT2D eigenvalue weighted by molar-refractivity contribution is -0.870. The van der Waals surface area contributed by atoms with Gasteiger partial charge in [0.1, 0.15) is 13.2 Å². The van der Waals surface area contributed by atoms with E-state index in [0.717, 1.165) is 44.9 Å². The molecule has 1 amide bonds. The molecule has 3 unspecified atom stereocenters. The normalized spacial score (nSPS) is 14.4. The van der Waals surface area contributed by atoms with Crippen molar-refractivity contribution < 1.29 is 32.9 Å². The Balaban J connectivity index is 4.24. The molecule has 0 aromatic carbocycles. The number of allylic oxidation sites excluding steroid dienone is 5. The molecule has 0 aliphatic heterocycles. The van der Waals surface area contributed by atoms with E-state index in [-0.39, 0.29) is 19.1 Å². The maximum Gasteiger partial charge on any atom is 0.472 e. The number of aliphatic hydroxyl groups excluding tert-OH is 1. The minimum absolute atomic E-state index is 0.0608. The number of likely N-dealkylation sites (N-methyl/N-ethyl adjacent to an activating group) is 1. The van der Waals surface area contributed by atoms with Crippen LogP contribution in [0.5, 0.6) is 0 Å². The van der Waals surface area contributed by atoms with Crippen LogP contribution in [-0.2, 0) is 18.4 Å². The van der Waals surface area contributed by atoms with Gasteiger partial charge in [-0.15, -0.1) is 0 Å². The fraction of sp³-hybridized carbons (Fsp3) is 0.868. The van der Waals surface area contributed by atoms with E-state index in [1.807, 2.05) is 27.2 Å². The highest BCUT2D eigenvalue weighted by molar-refractivity contribution is 7.47. The second-order valence-corrected chi connectivity index (χ2v) is 20.7. The third-order valence-electron chi connectivity index (χ3n) is 11.9. The third kappa shape index (κ3) is 46.7. The zero-order valence-corrected chi connectivity index (χ0v) is 42.5. The highest BCUT2D eigenvalue weighted by Crippen LogP contribution is 2.43. The lowest BCUT2D eigenvalue weighted by atomic mass is 10.0. The monoisotopic (exact) mass is 896 g/mol. The number of carbonyl (C=O) groups is 1. The Kier molecular flexibility index (Phi) is 44.0. The van der Waals surface area contributed by atoms with Crippen LogP contribution in [0.3, 0.4) is 0 Å². The highest BCUT2D eigenvalue weighted by atomic mass is 31.2. The largest absolute Gasteiger partial charge is 0.472 e. The molecule has 3 N–H and O–H groups in total. The molecule has 0 aliphatic rings. The summed E-state index contributed by atoms with van der Waals surface area (Å²) in [4.78, 5) is 23.2. The first-order chi connectivity index (χ1) is 30.0. The zero-order chi connectivity index (χ0) is 45.7. The van der Waals surface area contributed by atoms with E-state index in [4.69, 9.17) is 9.05 Å². The Morgan fingerprint density at radius 2 is 0.919 bits per heavy atom. The lowest BCUT2D eigenvalue weighted by Gasteiger charge is -2.25. The van der Waals surface area contributed by atoms with Gasteiger partial charge in [0.05, 0.1) is 39.9 Å². The fourth-order valence-electron chi connectivity index (χ4n) is 7.66. The quantitative estimate of drug-likeness (QED) is 0.0243. The number of unbranched alkanes of at least 4 members (excludes halogenated alkanes) is 31. The molecular formula is C53H104N2O6P+. The zero-order valence-electron chi connectivity index (χ0n) is 41.6. The molecule has 0 saturated carbocycles. The van der Waals surface area contributed by atoms with Crippen LogP contribution in [0.2, 0.25) is 0 Å². The van der Waals surface area contributed by atoms with Crippen LogP contribution in [0.1, 0.15) is 245 Å². The van der Waals surface area contributed by atoms with Crippen LogP contribution in [0.4, 0.5) is 0 Å². The summed E-state index contributed by atoms with van der Waals surface area (Å²) >= 11 is 0. The number of nitrogens with one attached hydrogen (secondary N) is 1. The van der Waals surface area contributed by atoms with Gasteiger partial charge in [0, 0.05) is 6.42 Å². The molecule has 0 rings (SSSR count). The van der Waals surface area contributed by atoms with Gasteiger partial charge >= 0.3 is 7.82 Å². The number of rotatable bonds is 48. The predicted octanol–water partition coefficient (Wildman–Crippen LogP) is 15.4. The molecule has 0 aliphatic carbocycles. The molecule has 366 valence electrons. The maximum atomic E-state index is 12.9. The van der Waals surface area contributed by atoms with E-state index in [0.29, 0.717) is 17.4 Å². The van der Waals surface area contributed by atoms with Crippen LogP contribution in [-0.4, -0.2) is 73.4 Å². The summed E-state index contributed by atoms with van der Waals surface area (Å²) in [6.07, 6.45) is 56.5. The van der Waals surface area contributed by atoms with Crippen molar-refractivity contribution in [1.82, 2.24) is 5.32 Å². The summed E-state index contributed by atoms with van der Waals surface area (Å²) in [7, 11) is 1.57. The predicted molar refractivity (Wildman–Crippen MR) is 268 cm³/mol. The van der Waals surface area contributed by atoms with E-state index in [1.54, 1.807) is 6.08 Å². The summed E-state index contributed by atoms with van der Waals surface area (Å²) in [5.74, 6) is -0.180. The average Bonchev–Trinajstić information content (AvgIpc) is 3.23. The number of nitrogens with zero attached hydrogens (tertiary/aromatic N) is 1. The van der Waals surface area contributed by atoms with Crippen molar-refractivity contribution >= 4 is 13.7 Å². The Bertz CT molecular complexity index is 1110.